The second-order valence-electron chi connectivity index (χ2n) is 11.8. The van der Waals surface area contributed by atoms with Gasteiger partial charge in [0.15, 0.2) is 0 Å². The predicted molar refractivity (Wildman–Crippen MR) is 167 cm³/mol. The van der Waals surface area contributed by atoms with Crippen LogP contribution in [0.1, 0.15) is 79.7 Å². The topological polar surface area (TPSA) is 49.7 Å². The van der Waals surface area contributed by atoms with Crippen LogP contribution >= 0.6 is 0 Å². The number of fused-ring (bicyclic) bond motifs is 1. The predicted octanol–water partition coefficient (Wildman–Crippen LogP) is 8.70. The molecular formula is C37H40FNO4. The molecular weight excluding hydrogens is 541 g/mol. The summed E-state index contributed by atoms with van der Waals surface area (Å²) in [7, 11) is 0. The van der Waals surface area contributed by atoms with Crippen LogP contribution in [0.3, 0.4) is 0 Å². The minimum atomic E-state index is -0.261. The van der Waals surface area contributed by atoms with Crippen LogP contribution in [0.5, 0.6) is 5.75 Å². The number of aryl methyl sites for hydroxylation is 1. The zero-order chi connectivity index (χ0) is 29.8. The van der Waals surface area contributed by atoms with Gasteiger partial charge >= 0.3 is 5.97 Å². The SMILES string of the molecule is CCOC(=O)C=C1CCCC(c2c(C3CCOCC3)n(-c3ccc(F)c(C)c3)c3ccc(OCc4ccccc4)cc23)C1. The normalized spacial score (nSPS) is 18.7. The third kappa shape index (κ3) is 6.40. The molecule has 4 aromatic rings. The number of halogens is 1. The average molecular weight is 582 g/mol. The fourth-order valence-electron chi connectivity index (χ4n) is 6.82. The number of hydrogen-bond acceptors (Lipinski definition) is 4. The molecule has 1 saturated carbocycles. The lowest BCUT2D eigenvalue weighted by Crippen LogP contribution is -2.20. The van der Waals surface area contributed by atoms with Gasteiger partial charge < -0.3 is 18.8 Å². The van der Waals surface area contributed by atoms with Crippen LogP contribution in [-0.4, -0.2) is 30.4 Å². The van der Waals surface area contributed by atoms with Crippen molar-refractivity contribution in [1.29, 1.82) is 0 Å². The molecule has 224 valence electrons. The van der Waals surface area contributed by atoms with Crippen LogP contribution in [0.15, 0.2) is 78.4 Å². The summed E-state index contributed by atoms with van der Waals surface area (Å²) in [5.74, 6) is 0.896. The summed E-state index contributed by atoms with van der Waals surface area (Å²) >= 11 is 0. The van der Waals surface area contributed by atoms with Crippen molar-refractivity contribution in [2.24, 2.45) is 0 Å². The van der Waals surface area contributed by atoms with Gasteiger partial charge in [-0.1, -0.05) is 35.9 Å². The van der Waals surface area contributed by atoms with E-state index in [0.717, 1.165) is 85.2 Å². The van der Waals surface area contributed by atoms with E-state index in [2.05, 4.69) is 28.8 Å². The Balaban J connectivity index is 1.51. The molecule has 5 nitrogen and oxygen atoms in total. The molecule has 1 saturated heterocycles. The molecule has 1 aliphatic carbocycles. The van der Waals surface area contributed by atoms with Crippen LogP contribution in [0, 0.1) is 12.7 Å². The maximum atomic E-state index is 14.5. The number of hydrogen-bond donors (Lipinski definition) is 0. The van der Waals surface area contributed by atoms with Crippen LogP contribution in [-0.2, 0) is 20.9 Å². The van der Waals surface area contributed by atoms with Crippen molar-refractivity contribution in [2.75, 3.05) is 19.8 Å². The van der Waals surface area contributed by atoms with Gasteiger partial charge in [-0.15, -0.1) is 0 Å². The van der Waals surface area contributed by atoms with Crippen LogP contribution in [0.4, 0.5) is 4.39 Å². The molecule has 2 heterocycles. The van der Waals surface area contributed by atoms with Crippen LogP contribution in [0.2, 0.25) is 0 Å². The smallest absolute Gasteiger partial charge is 0.330 e. The van der Waals surface area contributed by atoms with Crippen molar-refractivity contribution in [1.82, 2.24) is 4.57 Å². The maximum absolute atomic E-state index is 14.5. The molecule has 2 aliphatic rings. The summed E-state index contributed by atoms with van der Waals surface area (Å²) in [6.45, 7) is 5.96. The molecule has 43 heavy (non-hydrogen) atoms. The number of allylic oxidation sites excluding steroid dienone is 1. The first-order valence-corrected chi connectivity index (χ1v) is 15.6. The van der Waals surface area contributed by atoms with Crippen molar-refractivity contribution in [2.45, 2.75) is 70.8 Å². The average Bonchev–Trinajstić information content (AvgIpc) is 3.37. The monoisotopic (exact) mass is 581 g/mol. The Kier molecular flexibility index (Phi) is 8.94. The molecule has 1 unspecified atom stereocenters. The first-order chi connectivity index (χ1) is 21.0. The number of rotatable bonds is 8. The molecule has 6 rings (SSSR count). The van der Waals surface area contributed by atoms with Crippen molar-refractivity contribution < 1.29 is 23.4 Å². The quantitative estimate of drug-likeness (QED) is 0.154. The molecule has 0 radical (unpaired) electrons. The fourth-order valence-corrected chi connectivity index (χ4v) is 6.82. The lowest BCUT2D eigenvalue weighted by atomic mass is 9.77. The molecule has 1 aromatic heterocycles. The molecule has 0 bridgehead atoms. The molecule has 0 N–H and O–H groups in total. The first-order valence-electron chi connectivity index (χ1n) is 15.6. The number of esters is 1. The molecule has 2 fully saturated rings. The Morgan fingerprint density at radius 2 is 1.84 bits per heavy atom. The van der Waals surface area contributed by atoms with E-state index in [-0.39, 0.29) is 17.7 Å². The fraction of sp³-hybridized carbons (Fsp3) is 0.378. The van der Waals surface area contributed by atoms with Gasteiger partial charge in [-0.3, -0.25) is 0 Å². The molecule has 0 amide bonds. The van der Waals surface area contributed by atoms with Gasteiger partial charge in [-0.2, -0.15) is 0 Å². The Morgan fingerprint density at radius 3 is 2.60 bits per heavy atom. The van der Waals surface area contributed by atoms with Crippen molar-refractivity contribution >= 4 is 16.9 Å². The highest BCUT2D eigenvalue weighted by atomic mass is 19.1. The summed E-state index contributed by atoms with van der Waals surface area (Å²) in [6, 6.07) is 22.0. The highest BCUT2D eigenvalue weighted by molar-refractivity contribution is 5.90. The second-order valence-corrected chi connectivity index (χ2v) is 11.8. The Bertz CT molecular complexity index is 1620. The summed E-state index contributed by atoms with van der Waals surface area (Å²) in [5.41, 5.74) is 7.55. The number of carbonyl (C=O) groups is 1. The number of aromatic nitrogens is 1. The Hall–Kier alpha value is -3.90. The van der Waals surface area contributed by atoms with Crippen molar-refractivity contribution in [3.63, 3.8) is 0 Å². The van der Waals surface area contributed by atoms with Gasteiger partial charge in [0, 0.05) is 42.0 Å². The van der Waals surface area contributed by atoms with Gasteiger partial charge in [0.1, 0.15) is 18.2 Å². The van der Waals surface area contributed by atoms with Crippen LogP contribution < -0.4 is 4.74 Å². The summed E-state index contributed by atoms with van der Waals surface area (Å²) in [5, 5.41) is 1.16. The van der Waals surface area contributed by atoms with E-state index in [1.807, 2.05) is 50.2 Å². The van der Waals surface area contributed by atoms with E-state index in [1.54, 1.807) is 12.1 Å². The highest BCUT2D eigenvalue weighted by Crippen LogP contribution is 2.47. The molecule has 1 atom stereocenters. The Labute approximate surface area is 253 Å². The molecule has 6 heteroatoms. The minimum Gasteiger partial charge on any atom is -0.489 e. The number of ether oxygens (including phenoxy) is 3. The summed E-state index contributed by atoms with van der Waals surface area (Å²) < 4.78 is 34.2. The van der Waals surface area contributed by atoms with E-state index in [4.69, 9.17) is 14.2 Å². The highest BCUT2D eigenvalue weighted by Gasteiger charge is 2.32. The summed E-state index contributed by atoms with van der Waals surface area (Å²) in [4.78, 5) is 12.4. The number of benzene rings is 3. The van der Waals surface area contributed by atoms with E-state index in [9.17, 15) is 9.18 Å². The second kappa shape index (κ2) is 13.2. The number of nitrogens with zero attached hydrogens (tertiary/aromatic N) is 1. The van der Waals surface area contributed by atoms with E-state index < -0.39 is 0 Å². The molecule has 1 aliphatic heterocycles. The molecule has 0 spiro atoms. The van der Waals surface area contributed by atoms with Crippen LogP contribution in [0.25, 0.3) is 16.6 Å². The van der Waals surface area contributed by atoms with Gasteiger partial charge in [0.2, 0.25) is 0 Å². The lowest BCUT2D eigenvalue weighted by Gasteiger charge is -2.30. The minimum absolute atomic E-state index is 0.203. The maximum Gasteiger partial charge on any atom is 0.330 e. The number of carbonyl (C=O) groups excluding carboxylic acids is 1. The third-order valence-electron chi connectivity index (χ3n) is 8.85. The lowest BCUT2D eigenvalue weighted by molar-refractivity contribution is -0.137. The standard InChI is InChI=1S/C37H40FNO4/c1-3-42-35(40)22-27-10-7-11-29(21-27)36-32-23-31(43-24-26-8-5-4-6-9-26)13-15-34(32)39(30-12-14-33(38)25(2)20-30)37(36)28-16-18-41-19-17-28/h4-6,8-9,12-15,20,22-23,28-29H,3,7,10-11,16-19,21,24H2,1-2H3. The zero-order valence-electron chi connectivity index (χ0n) is 25.1. The summed E-state index contributed by atoms with van der Waals surface area (Å²) in [6.07, 6.45) is 7.33. The van der Waals surface area contributed by atoms with E-state index >= 15 is 0 Å². The van der Waals surface area contributed by atoms with Gasteiger partial charge in [0.05, 0.1) is 12.1 Å². The van der Waals surface area contributed by atoms with Crippen molar-refractivity contribution in [3.05, 3.63) is 107 Å². The zero-order valence-corrected chi connectivity index (χ0v) is 25.1. The van der Waals surface area contributed by atoms with Crippen molar-refractivity contribution in [3.8, 4) is 11.4 Å². The largest absolute Gasteiger partial charge is 0.489 e. The third-order valence-corrected chi connectivity index (χ3v) is 8.85. The van der Waals surface area contributed by atoms with E-state index in [1.165, 1.54) is 11.3 Å². The van der Waals surface area contributed by atoms with Gasteiger partial charge in [-0.25, -0.2) is 9.18 Å². The molecule has 3 aromatic carbocycles. The van der Waals surface area contributed by atoms with Gasteiger partial charge in [0.25, 0.3) is 0 Å². The van der Waals surface area contributed by atoms with Gasteiger partial charge in [-0.05, 0) is 111 Å². The van der Waals surface area contributed by atoms with E-state index in [0.29, 0.717) is 24.7 Å². The first kappa shape index (κ1) is 29.2. The Morgan fingerprint density at radius 1 is 1.02 bits per heavy atom.